The van der Waals surface area contributed by atoms with E-state index in [0.29, 0.717) is 17.0 Å². The highest BCUT2D eigenvalue weighted by Crippen LogP contribution is 2.22. The summed E-state index contributed by atoms with van der Waals surface area (Å²) in [6.45, 7) is 0. The normalized spacial score (nSPS) is 10.7. The fourth-order valence-corrected chi connectivity index (χ4v) is 2.64. The SMILES string of the molecule is O=C(Cc1cccc2ccccc12)c1ccccc1Cl. The van der Waals surface area contributed by atoms with Gasteiger partial charge in [0.15, 0.2) is 5.78 Å². The topological polar surface area (TPSA) is 17.1 Å². The third-order valence-electron chi connectivity index (χ3n) is 3.41. The molecule has 3 rings (SSSR count). The third-order valence-corrected chi connectivity index (χ3v) is 3.73. The van der Waals surface area contributed by atoms with Gasteiger partial charge in [-0.05, 0) is 28.5 Å². The van der Waals surface area contributed by atoms with Crippen LogP contribution in [0.1, 0.15) is 15.9 Å². The summed E-state index contributed by atoms with van der Waals surface area (Å²) >= 11 is 6.08. The van der Waals surface area contributed by atoms with Crippen LogP contribution in [0.2, 0.25) is 5.02 Å². The molecule has 0 N–H and O–H groups in total. The zero-order chi connectivity index (χ0) is 13.9. The number of carbonyl (C=O) groups is 1. The number of Topliss-reactive ketones (excluding diaryl/α,β-unsaturated/α-hetero) is 1. The number of benzene rings is 3. The number of ketones is 1. The van der Waals surface area contributed by atoms with Crippen LogP contribution in [-0.2, 0) is 6.42 Å². The molecule has 0 aliphatic heterocycles. The average Bonchev–Trinajstić information content (AvgIpc) is 2.48. The second-order valence-corrected chi connectivity index (χ2v) is 5.13. The fraction of sp³-hybridized carbons (Fsp3) is 0.0556. The van der Waals surface area contributed by atoms with Gasteiger partial charge >= 0.3 is 0 Å². The van der Waals surface area contributed by atoms with E-state index in [1.165, 1.54) is 0 Å². The highest BCUT2D eigenvalue weighted by atomic mass is 35.5. The van der Waals surface area contributed by atoms with Gasteiger partial charge in [-0.2, -0.15) is 0 Å². The molecule has 0 radical (unpaired) electrons. The summed E-state index contributed by atoms with van der Waals surface area (Å²) in [4.78, 5) is 12.4. The predicted octanol–water partition coefficient (Wildman–Crippen LogP) is 4.92. The van der Waals surface area contributed by atoms with Gasteiger partial charge in [0, 0.05) is 12.0 Å². The summed E-state index contributed by atoms with van der Waals surface area (Å²) in [6, 6.07) is 21.3. The van der Waals surface area contributed by atoms with E-state index in [2.05, 4.69) is 12.1 Å². The second-order valence-electron chi connectivity index (χ2n) is 4.72. The predicted molar refractivity (Wildman–Crippen MR) is 83.4 cm³/mol. The molecule has 3 aromatic carbocycles. The molecule has 0 aliphatic carbocycles. The minimum Gasteiger partial charge on any atom is -0.294 e. The van der Waals surface area contributed by atoms with Gasteiger partial charge in [0.1, 0.15) is 0 Å². The van der Waals surface area contributed by atoms with Crippen molar-refractivity contribution in [2.45, 2.75) is 6.42 Å². The van der Waals surface area contributed by atoms with Crippen LogP contribution in [0.25, 0.3) is 10.8 Å². The quantitative estimate of drug-likeness (QED) is 0.623. The fourth-order valence-electron chi connectivity index (χ4n) is 2.40. The summed E-state index contributed by atoms with van der Waals surface area (Å²) in [5, 5.41) is 2.78. The largest absolute Gasteiger partial charge is 0.294 e. The Kier molecular flexibility index (Phi) is 3.53. The van der Waals surface area contributed by atoms with E-state index in [0.717, 1.165) is 16.3 Å². The molecule has 0 unspecified atom stereocenters. The number of rotatable bonds is 3. The van der Waals surface area contributed by atoms with Gasteiger partial charge in [-0.1, -0.05) is 66.2 Å². The van der Waals surface area contributed by atoms with Gasteiger partial charge in [-0.3, -0.25) is 4.79 Å². The van der Waals surface area contributed by atoms with Crippen LogP contribution in [-0.4, -0.2) is 5.78 Å². The molecule has 98 valence electrons. The Morgan fingerprint density at radius 1 is 0.850 bits per heavy atom. The maximum absolute atomic E-state index is 12.4. The molecule has 0 atom stereocenters. The maximum Gasteiger partial charge on any atom is 0.168 e. The Labute approximate surface area is 122 Å². The number of fused-ring (bicyclic) bond motifs is 1. The van der Waals surface area contributed by atoms with E-state index in [1.54, 1.807) is 12.1 Å². The molecule has 0 fully saturated rings. The van der Waals surface area contributed by atoms with Crippen LogP contribution in [0.4, 0.5) is 0 Å². The summed E-state index contributed by atoms with van der Waals surface area (Å²) in [5.41, 5.74) is 1.62. The summed E-state index contributed by atoms with van der Waals surface area (Å²) in [7, 11) is 0. The Morgan fingerprint density at radius 3 is 2.40 bits per heavy atom. The lowest BCUT2D eigenvalue weighted by atomic mass is 9.98. The first-order valence-corrected chi connectivity index (χ1v) is 6.88. The lowest BCUT2D eigenvalue weighted by molar-refractivity contribution is 0.0993. The third kappa shape index (κ3) is 2.45. The van der Waals surface area contributed by atoms with E-state index in [4.69, 9.17) is 11.6 Å². The van der Waals surface area contributed by atoms with Gasteiger partial charge in [-0.25, -0.2) is 0 Å². The Morgan fingerprint density at radius 2 is 1.55 bits per heavy atom. The average molecular weight is 281 g/mol. The molecule has 0 saturated heterocycles. The van der Waals surface area contributed by atoms with Crippen LogP contribution in [0, 0.1) is 0 Å². The smallest absolute Gasteiger partial charge is 0.168 e. The van der Waals surface area contributed by atoms with Gasteiger partial charge in [0.25, 0.3) is 0 Å². The Bertz CT molecular complexity index is 772. The van der Waals surface area contributed by atoms with Crippen molar-refractivity contribution in [3.05, 3.63) is 82.9 Å². The number of halogens is 1. The molecule has 0 aliphatic rings. The van der Waals surface area contributed by atoms with Crippen LogP contribution >= 0.6 is 11.6 Å². The molecule has 0 aromatic heterocycles. The van der Waals surface area contributed by atoms with Crippen molar-refractivity contribution in [3.8, 4) is 0 Å². The van der Waals surface area contributed by atoms with Crippen molar-refractivity contribution < 1.29 is 4.79 Å². The first-order valence-electron chi connectivity index (χ1n) is 6.50. The van der Waals surface area contributed by atoms with E-state index in [1.807, 2.05) is 42.5 Å². The standard InChI is InChI=1S/C18H13ClO/c19-17-11-4-3-10-16(17)18(20)12-14-8-5-7-13-6-1-2-9-15(13)14/h1-11H,12H2. The van der Waals surface area contributed by atoms with E-state index in [-0.39, 0.29) is 5.78 Å². The van der Waals surface area contributed by atoms with Crippen LogP contribution in [0.3, 0.4) is 0 Å². The van der Waals surface area contributed by atoms with E-state index in [9.17, 15) is 4.79 Å². The molecule has 20 heavy (non-hydrogen) atoms. The van der Waals surface area contributed by atoms with Crippen molar-refractivity contribution in [1.82, 2.24) is 0 Å². The molecule has 0 spiro atoms. The molecule has 0 heterocycles. The zero-order valence-corrected chi connectivity index (χ0v) is 11.6. The molecule has 1 nitrogen and oxygen atoms in total. The monoisotopic (exact) mass is 280 g/mol. The van der Waals surface area contributed by atoms with Crippen molar-refractivity contribution in [2.24, 2.45) is 0 Å². The van der Waals surface area contributed by atoms with Crippen molar-refractivity contribution in [1.29, 1.82) is 0 Å². The summed E-state index contributed by atoms with van der Waals surface area (Å²) in [5.74, 6) is 0.0481. The summed E-state index contributed by atoms with van der Waals surface area (Å²) in [6.07, 6.45) is 0.366. The van der Waals surface area contributed by atoms with E-state index >= 15 is 0 Å². The zero-order valence-electron chi connectivity index (χ0n) is 10.8. The lowest BCUT2D eigenvalue weighted by Crippen LogP contribution is -2.04. The highest BCUT2D eigenvalue weighted by molar-refractivity contribution is 6.34. The second kappa shape index (κ2) is 5.48. The van der Waals surface area contributed by atoms with E-state index < -0.39 is 0 Å². The van der Waals surface area contributed by atoms with Crippen LogP contribution in [0.15, 0.2) is 66.7 Å². The number of carbonyl (C=O) groups excluding carboxylic acids is 1. The maximum atomic E-state index is 12.4. The minimum absolute atomic E-state index is 0.0481. The van der Waals surface area contributed by atoms with Gasteiger partial charge in [0.05, 0.1) is 5.02 Å². The number of hydrogen-bond donors (Lipinski definition) is 0. The summed E-state index contributed by atoms with van der Waals surface area (Å²) < 4.78 is 0. The van der Waals surface area contributed by atoms with Crippen LogP contribution < -0.4 is 0 Å². The first-order chi connectivity index (χ1) is 9.75. The van der Waals surface area contributed by atoms with Crippen molar-refractivity contribution >= 4 is 28.2 Å². The Balaban J connectivity index is 1.98. The molecule has 0 amide bonds. The van der Waals surface area contributed by atoms with Gasteiger partial charge in [-0.15, -0.1) is 0 Å². The lowest BCUT2D eigenvalue weighted by Gasteiger charge is -2.07. The van der Waals surface area contributed by atoms with Crippen molar-refractivity contribution in [3.63, 3.8) is 0 Å². The van der Waals surface area contributed by atoms with Crippen molar-refractivity contribution in [2.75, 3.05) is 0 Å². The molecule has 0 saturated carbocycles. The molecular formula is C18H13ClO. The molecule has 2 heteroatoms. The van der Waals surface area contributed by atoms with Crippen LogP contribution in [0.5, 0.6) is 0 Å². The van der Waals surface area contributed by atoms with Gasteiger partial charge in [0.2, 0.25) is 0 Å². The molecular weight excluding hydrogens is 268 g/mol. The molecule has 0 bridgehead atoms. The highest BCUT2D eigenvalue weighted by Gasteiger charge is 2.11. The molecule has 3 aromatic rings. The van der Waals surface area contributed by atoms with Gasteiger partial charge < -0.3 is 0 Å². The number of hydrogen-bond acceptors (Lipinski definition) is 1. The first kappa shape index (κ1) is 12.9. The Hall–Kier alpha value is -2.12. The minimum atomic E-state index is 0.0481.